The summed E-state index contributed by atoms with van der Waals surface area (Å²) in [5, 5.41) is 7.00. The number of nitrogens with one attached hydrogen (secondary N) is 2. The molecule has 0 fully saturated rings. The number of rotatable bonds is 5. The molecule has 1 aromatic carbocycles. The van der Waals surface area contributed by atoms with Gasteiger partial charge in [-0.15, -0.1) is 0 Å². The summed E-state index contributed by atoms with van der Waals surface area (Å²) < 4.78 is 0.848. The van der Waals surface area contributed by atoms with Gasteiger partial charge in [-0.3, -0.25) is 0 Å². The number of halogens is 2. The summed E-state index contributed by atoms with van der Waals surface area (Å²) in [6, 6.07) is 7.54. The van der Waals surface area contributed by atoms with Gasteiger partial charge in [-0.05, 0) is 40.5 Å². The molecule has 0 bridgehead atoms. The number of anilines is 3. The molecule has 6 heteroatoms. The minimum absolute atomic E-state index is 0.681. The van der Waals surface area contributed by atoms with Crippen molar-refractivity contribution in [3.63, 3.8) is 0 Å². The van der Waals surface area contributed by atoms with Gasteiger partial charge in [-0.2, -0.15) is 0 Å². The van der Waals surface area contributed by atoms with Gasteiger partial charge in [0.25, 0.3) is 0 Å². The fourth-order valence-electron chi connectivity index (χ4n) is 1.75. The van der Waals surface area contributed by atoms with Gasteiger partial charge in [0.05, 0.1) is 5.02 Å². The molecule has 0 aliphatic heterocycles. The molecule has 4 nitrogen and oxygen atoms in total. The lowest BCUT2D eigenvalue weighted by atomic mass is 10.3. The zero-order chi connectivity index (χ0) is 14.5. The lowest BCUT2D eigenvalue weighted by Crippen LogP contribution is -2.03. The molecule has 2 rings (SSSR count). The third kappa shape index (κ3) is 3.84. The summed E-state index contributed by atoms with van der Waals surface area (Å²) in [4.78, 5) is 8.93. The van der Waals surface area contributed by atoms with Crippen molar-refractivity contribution >= 4 is 44.9 Å². The number of nitrogens with zero attached hydrogens (tertiary/aromatic N) is 2. The van der Waals surface area contributed by atoms with E-state index in [1.165, 1.54) is 0 Å². The van der Waals surface area contributed by atoms with Crippen molar-refractivity contribution in [3.05, 3.63) is 39.6 Å². The quantitative estimate of drug-likeness (QED) is 0.821. The number of aromatic nitrogens is 2. The van der Waals surface area contributed by atoms with Crippen LogP contribution in [0, 0.1) is 0 Å². The first-order valence-corrected chi connectivity index (χ1v) is 7.57. The minimum Gasteiger partial charge on any atom is -0.373 e. The molecular formula is C14H16BrClN4. The molecule has 2 N–H and O–H groups in total. The summed E-state index contributed by atoms with van der Waals surface area (Å²) in [5.74, 6) is 2.40. The lowest BCUT2D eigenvalue weighted by Gasteiger charge is -2.10. The molecule has 0 atom stereocenters. The zero-order valence-corrected chi connectivity index (χ0v) is 13.7. The van der Waals surface area contributed by atoms with Crippen LogP contribution in [0.4, 0.5) is 17.3 Å². The van der Waals surface area contributed by atoms with Crippen LogP contribution in [0.15, 0.2) is 28.7 Å². The van der Waals surface area contributed by atoms with E-state index in [9.17, 15) is 0 Å². The van der Waals surface area contributed by atoms with Gasteiger partial charge in [0, 0.05) is 29.7 Å². The Bertz CT molecular complexity index is 604. The molecule has 0 spiro atoms. The first-order valence-electron chi connectivity index (χ1n) is 6.40. The van der Waals surface area contributed by atoms with Crippen LogP contribution < -0.4 is 10.6 Å². The predicted octanol–water partition coefficient (Wildman–Crippen LogP) is 4.63. The van der Waals surface area contributed by atoms with Crippen LogP contribution in [0.5, 0.6) is 0 Å². The SMILES string of the molecule is CCCc1nc(NC)cc(Nc2ccc(Cl)c(Br)c2)n1. The van der Waals surface area contributed by atoms with E-state index in [0.29, 0.717) is 5.02 Å². The highest BCUT2D eigenvalue weighted by atomic mass is 79.9. The second-order valence-corrected chi connectivity index (χ2v) is 5.57. The molecule has 0 aliphatic carbocycles. The average molecular weight is 356 g/mol. The normalized spacial score (nSPS) is 10.4. The Morgan fingerprint density at radius 1 is 1.20 bits per heavy atom. The van der Waals surface area contributed by atoms with Crippen molar-refractivity contribution in [3.8, 4) is 0 Å². The van der Waals surface area contributed by atoms with Crippen LogP contribution in [0.3, 0.4) is 0 Å². The van der Waals surface area contributed by atoms with E-state index in [4.69, 9.17) is 11.6 Å². The second kappa shape index (κ2) is 6.90. The van der Waals surface area contributed by atoms with E-state index < -0.39 is 0 Å². The fraction of sp³-hybridized carbons (Fsp3) is 0.286. The van der Waals surface area contributed by atoms with E-state index >= 15 is 0 Å². The largest absolute Gasteiger partial charge is 0.373 e. The molecule has 2 aromatic rings. The Labute approximate surface area is 132 Å². The Kier molecular flexibility index (Phi) is 5.20. The fourth-order valence-corrected chi connectivity index (χ4v) is 2.24. The molecule has 0 radical (unpaired) electrons. The standard InChI is InChI=1S/C14H16BrClN4/c1-3-4-12-19-13(17-2)8-14(20-12)18-9-5-6-11(16)10(15)7-9/h5-8H,3-4H2,1-2H3,(H2,17,18,19,20). The highest BCUT2D eigenvalue weighted by molar-refractivity contribution is 9.10. The van der Waals surface area contributed by atoms with Gasteiger partial charge in [0.15, 0.2) is 0 Å². The van der Waals surface area contributed by atoms with Crippen molar-refractivity contribution in [2.45, 2.75) is 19.8 Å². The van der Waals surface area contributed by atoms with Crippen molar-refractivity contribution in [1.29, 1.82) is 0 Å². The van der Waals surface area contributed by atoms with E-state index in [-0.39, 0.29) is 0 Å². The monoisotopic (exact) mass is 354 g/mol. The lowest BCUT2D eigenvalue weighted by molar-refractivity contribution is 0.838. The average Bonchev–Trinajstić information content (AvgIpc) is 2.43. The molecule has 1 heterocycles. The predicted molar refractivity (Wildman–Crippen MR) is 88.0 cm³/mol. The Balaban J connectivity index is 2.27. The number of hydrogen-bond acceptors (Lipinski definition) is 4. The van der Waals surface area contributed by atoms with Gasteiger partial charge in [-0.25, -0.2) is 9.97 Å². The maximum atomic E-state index is 5.99. The topological polar surface area (TPSA) is 49.8 Å². The summed E-state index contributed by atoms with van der Waals surface area (Å²) in [6.45, 7) is 2.11. The van der Waals surface area contributed by atoms with Crippen molar-refractivity contribution in [2.75, 3.05) is 17.7 Å². The molecule has 20 heavy (non-hydrogen) atoms. The summed E-state index contributed by atoms with van der Waals surface area (Å²) in [7, 11) is 1.85. The highest BCUT2D eigenvalue weighted by Crippen LogP contribution is 2.27. The van der Waals surface area contributed by atoms with Gasteiger partial charge in [0.1, 0.15) is 17.5 Å². The number of benzene rings is 1. The van der Waals surface area contributed by atoms with Crippen LogP contribution in [0.1, 0.15) is 19.2 Å². The van der Waals surface area contributed by atoms with Crippen LogP contribution in [0.25, 0.3) is 0 Å². The Morgan fingerprint density at radius 3 is 2.60 bits per heavy atom. The minimum atomic E-state index is 0.681. The molecule has 0 aliphatic rings. The third-order valence-corrected chi connectivity index (χ3v) is 3.91. The van der Waals surface area contributed by atoms with Crippen LogP contribution >= 0.6 is 27.5 Å². The Hall–Kier alpha value is -1.33. The molecule has 0 amide bonds. The molecule has 0 saturated heterocycles. The van der Waals surface area contributed by atoms with E-state index in [2.05, 4.69) is 43.5 Å². The molecule has 106 valence electrons. The summed E-state index contributed by atoms with van der Waals surface area (Å²) in [6.07, 6.45) is 1.87. The highest BCUT2D eigenvalue weighted by Gasteiger charge is 2.05. The second-order valence-electron chi connectivity index (χ2n) is 4.31. The van der Waals surface area contributed by atoms with Crippen molar-refractivity contribution in [1.82, 2.24) is 9.97 Å². The third-order valence-electron chi connectivity index (χ3n) is 2.69. The molecule has 0 saturated carbocycles. The summed E-state index contributed by atoms with van der Waals surface area (Å²) in [5.41, 5.74) is 0.921. The molecule has 1 aromatic heterocycles. The maximum Gasteiger partial charge on any atom is 0.136 e. The van der Waals surface area contributed by atoms with E-state index in [0.717, 1.165) is 40.5 Å². The smallest absolute Gasteiger partial charge is 0.136 e. The van der Waals surface area contributed by atoms with Gasteiger partial charge in [0.2, 0.25) is 0 Å². The zero-order valence-electron chi connectivity index (χ0n) is 11.4. The first kappa shape index (κ1) is 15.1. The van der Waals surface area contributed by atoms with Crippen molar-refractivity contribution in [2.24, 2.45) is 0 Å². The number of hydrogen-bond donors (Lipinski definition) is 2. The van der Waals surface area contributed by atoms with E-state index in [1.807, 2.05) is 31.3 Å². The van der Waals surface area contributed by atoms with Crippen LogP contribution in [0.2, 0.25) is 5.02 Å². The van der Waals surface area contributed by atoms with Gasteiger partial charge >= 0.3 is 0 Å². The van der Waals surface area contributed by atoms with Gasteiger partial charge in [-0.1, -0.05) is 18.5 Å². The first-order chi connectivity index (χ1) is 9.62. The Morgan fingerprint density at radius 2 is 1.95 bits per heavy atom. The summed E-state index contributed by atoms with van der Waals surface area (Å²) >= 11 is 9.40. The molecular weight excluding hydrogens is 340 g/mol. The van der Waals surface area contributed by atoms with Crippen LogP contribution in [-0.2, 0) is 6.42 Å². The van der Waals surface area contributed by atoms with E-state index in [1.54, 1.807) is 0 Å². The van der Waals surface area contributed by atoms with Gasteiger partial charge < -0.3 is 10.6 Å². The molecule has 0 unspecified atom stereocenters. The number of aryl methyl sites for hydroxylation is 1. The van der Waals surface area contributed by atoms with Crippen LogP contribution in [-0.4, -0.2) is 17.0 Å². The van der Waals surface area contributed by atoms with Crippen molar-refractivity contribution < 1.29 is 0 Å². The maximum absolute atomic E-state index is 5.99.